The minimum absolute atomic E-state index is 0.0892. The minimum atomic E-state index is -0.969. The largest absolute Gasteiger partial charge is 0.466 e. The van der Waals surface area contributed by atoms with Crippen LogP contribution in [0.25, 0.3) is 0 Å². The summed E-state index contributed by atoms with van der Waals surface area (Å²) in [6.07, 6.45) is 0. The summed E-state index contributed by atoms with van der Waals surface area (Å²) in [6.45, 7) is 7.57. The molecule has 0 saturated carbocycles. The van der Waals surface area contributed by atoms with Crippen molar-refractivity contribution in [1.29, 1.82) is 0 Å². The zero-order valence-corrected chi connectivity index (χ0v) is 15.4. The fraction of sp³-hybridized carbons (Fsp3) is 0.500. The first kappa shape index (κ1) is 17.3. The molecule has 3 rings (SSSR count). The van der Waals surface area contributed by atoms with Crippen LogP contribution in [0.1, 0.15) is 33.3 Å². The molecule has 2 aliphatic heterocycles. The van der Waals surface area contributed by atoms with E-state index in [2.05, 4.69) is 15.6 Å². The summed E-state index contributed by atoms with van der Waals surface area (Å²) < 4.78 is 4.91. The highest BCUT2D eigenvalue weighted by Crippen LogP contribution is 2.40. The van der Waals surface area contributed by atoms with Crippen LogP contribution in [-0.2, 0) is 14.3 Å². The van der Waals surface area contributed by atoms with E-state index in [1.54, 1.807) is 6.92 Å². The number of carbonyl (C=O) groups is 2. The molecular weight excluding hydrogens is 320 g/mol. The van der Waals surface area contributed by atoms with Gasteiger partial charge >= 0.3 is 5.97 Å². The Bertz CT molecular complexity index is 789. The van der Waals surface area contributed by atoms with Gasteiger partial charge < -0.3 is 20.3 Å². The predicted octanol–water partition coefficient (Wildman–Crippen LogP) is 1.73. The van der Waals surface area contributed by atoms with Crippen LogP contribution in [0.2, 0.25) is 0 Å². The molecule has 25 heavy (non-hydrogen) atoms. The molecule has 0 aromatic heterocycles. The number of amides is 1. The molecule has 1 aromatic rings. The Morgan fingerprint density at radius 3 is 2.56 bits per heavy atom. The van der Waals surface area contributed by atoms with Crippen molar-refractivity contribution in [3.63, 3.8) is 0 Å². The van der Waals surface area contributed by atoms with Crippen molar-refractivity contribution in [1.82, 2.24) is 5.32 Å². The quantitative estimate of drug-likeness (QED) is 0.816. The lowest BCUT2D eigenvalue weighted by Gasteiger charge is -2.30. The monoisotopic (exact) mass is 344 g/mol. The fourth-order valence-electron chi connectivity index (χ4n) is 3.12. The van der Waals surface area contributed by atoms with Gasteiger partial charge in [0, 0.05) is 12.6 Å². The van der Waals surface area contributed by atoms with Crippen LogP contribution >= 0.6 is 0 Å². The van der Waals surface area contributed by atoms with Gasteiger partial charge in [0.15, 0.2) is 0 Å². The molecule has 0 bridgehead atoms. The molecule has 0 saturated heterocycles. The van der Waals surface area contributed by atoms with E-state index >= 15 is 0 Å². The molecule has 7 nitrogen and oxygen atoms in total. The summed E-state index contributed by atoms with van der Waals surface area (Å²) in [5.41, 5.74) is 0.741. The molecule has 7 heteroatoms. The van der Waals surface area contributed by atoms with Crippen molar-refractivity contribution in [2.24, 2.45) is 10.9 Å². The average molecular weight is 344 g/mol. The van der Waals surface area contributed by atoms with Gasteiger partial charge in [0.05, 0.1) is 18.5 Å². The maximum absolute atomic E-state index is 12.3. The molecule has 0 aliphatic carbocycles. The molecule has 2 heterocycles. The van der Waals surface area contributed by atoms with Crippen molar-refractivity contribution in [3.05, 3.63) is 23.8 Å². The lowest BCUT2D eigenvalue weighted by atomic mass is 9.89. The number of methoxy groups -OCH3 is 1. The standard InChI is InChI=1S/C18H24N4O3/c1-10(2)17(3)15(23)19-14(21-17)11-7-8-13-12(9-11)20-18(4,22(13)5)16(24)25-6/h7-10,20H,1-6H3,(H,19,21,23). The number of ether oxygens (including phenoxy) is 1. The van der Waals surface area contributed by atoms with Gasteiger partial charge in [0.2, 0.25) is 5.66 Å². The average Bonchev–Trinajstić information content (AvgIpc) is 3.02. The van der Waals surface area contributed by atoms with E-state index in [9.17, 15) is 9.59 Å². The number of anilines is 2. The third-order valence-electron chi connectivity index (χ3n) is 5.42. The van der Waals surface area contributed by atoms with Gasteiger partial charge in [0.25, 0.3) is 5.91 Å². The highest BCUT2D eigenvalue weighted by molar-refractivity contribution is 6.16. The summed E-state index contributed by atoms with van der Waals surface area (Å²) in [5, 5.41) is 6.09. The molecular formula is C18H24N4O3. The number of hydrogen-bond acceptors (Lipinski definition) is 6. The number of esters is 1. The van der Waals surface area contributed by atoms with Crippen LogP contribution in [0, 0.1) is 5.92 Å². The van der Waals surface area contributed by atoms with E-state index in [0.29, 0.717) is 5.84 Å². The van der Waals surface area contributed by atoms with E-state index in [1.165, 1.54) is 7.11 Å². The number of carbonyl (C=O) groups excluding carboxylic acids is 2. The first-order chi connectivity index (χ1) is 11.6. The number of amidine groups is 1. The Balaban J connectivity index is 1.97. The van der Waals surface area contributed by atoms with Crippen molar-refractivity contribution in [2.45, 2.75) is 38.9 Å². The number of rotatable bonds is 3. The topological polar surface area (TPSA) is 83.0 Å². The van der Waals surface area contributed by atoms with Gasteiger partial charge in [-0.25, -0.2) is 4.79 Å². The maximum Gasteiger partial charge on any atom is 0.352 e. The summed E-state index contributed by atoms with van der Waals surface area (Å²) in [6, 6.07) is 5.70. The molecule has 1 amide bonds. The summed E-state index contributed by atoms with van der Waals surface area (Å²) in [4.78, 5) is 30.9. The van der Waals surface area contributed by atoms with Crippen LogP contribution in [0.15, 0.2) is 23.2 Å². The van der Waals surface area contributed by atoms with E-state index in [1.807, 2.05) is 50.9 Å². The van der Waals surface area contributed by atoms with Crippen molar-refractivity contribution < 1.29 is 14.3 Å². The van der Waals surface area contributed by atoms with E-state index in [0.717, 1.165) is 16.9 Å². The smallest absolute Gasteiger partial charge is 0.352 e. The molecule has 134 valence electrons. The van der Waals surface area contributed by atoms with E-state index in [4.69, 9.17) is 4.74 Å². The van der Waals surface area contributed by atoms with Crippen LogP contribution in [0.4, 0.5) is 11.4 Å². The zero-order chi connectivity index (χ0) is 18.6. The Kier molecular flexibility index (Phi) is 3.78. The van der Waals surface area contributed by atoms with Gasteiger partial charge in [-0.05, 0) is 38.0 Å². The summed E-state index contributed by atoms with van der Waals surface area (Å²) >= 11 is 0. The predicted molar refractivity (Wildman–Crippen MR) is 96.8 cm³/mol. The van der Waals surface area contributed by atoms with Gasteiger partial charge in [-0.3, -0.25) is 9.79 Å². The number of fused-ring (bicyclic) bond motifs is 1. The lowest BCUT2D eigenvalue weighted by molar-refractivity contribution is -0.145. The van der Waals surface area contributed by atoms with Crippen LogP contribution in [-0.4, -0.2) is 43.1 Å². The lowest BCUT2D eigenvalue weighted by Crippen LogP contribution is -2.53. The molecule has 0 radical (unpaired) electrons. The van der Waals surface area contributed by atoms with E-state index < -0.39 is 11.2 Å². The van der Waals surface area contributed by atoms with Gasteiger partial charge in [-0.1, -0.05) is 13.8 Å². The molecule has 1 aromatic carbocycles. The van der Waals surface area contributed by atoms with Crippen molar-refractivity contribution >= 4 is 29.1 Å². The second kappa shape index (κ2) is 5.47. The van der Waals surface area contributed by atoms with E-state index in [-0.39, 0.29) is 17.8 Å². The first-order valence-corrected chi connectivity index (χ1v) is 8.29. The SMILES string of the molecule is COC(=O)C1(C)Nc2cc(C3=NC(C)(C(C)C)C(=O)N3)ccc2N1C. The maximum atomic E-state index is 12.3. The normalized spacial score (nSPS) is 27.7. The summed E-state index contributed by atoms with van der Waals surface area (Å²) in [5.74, 6) is 0.181. The Morgan fingerprint density at radius 1 is 1.32 bits per heavy atom. The third kappa shape index (κ3) is 2.37. The molecule has 2 N–H and O–H groups in total. The molecule has 2 unspecified atom stereocenters. The van der Waals surface area contributed by atoms with Crippen LogP contribution in [0.5, 0.6) is 0 Å². The molecule has 2 aliphatic rings. The second-order valence-electron chi connectivity index (χ2n) is 7.20. The number of likely N-dealkylation sites (N-methyl/N-ethyl adjacent to an activating group) is 1. The third-order valence-corrected chi connectivity index (χ3v) is 5.42. The number of hydrogen-bond donors (Lipinski definition) is 2. The highest BCUT2D eigenvalue weighted by atomic mass is 16.5. The Labute approximate surface area is 147 Å². The van der Waals surface area contributed by atoms with Gasteiger partial charge in [-0.15, -0.1) is 0 Å². The van der Waals surface area contributed by atoms with Crippen LogP contribution in [0.3, 0.4) is 0 Å². The zero-order valence-electron chi connectivity index (χ0n) is 15.4. The number of nitrogens with one attached hydrogen (secondary N) is 2. The van der Waals surface area contributed by atoms with Crippen molar-refractivity contribution in [2.75, 3.05) is 24.4 Å². The number of nitrogens with zero attached hydrogens (tertiary/aromatic N) is 2. The Hall–Kier alpha value is -2.57. The Morgan fingerprint density at radius 2 is 2.00 bits per heavy atom. The highest BCUT2D eigenvalue weighted by Gasteiger charge is 2.46. The second-order valence-corrected chi connectivity index (χ2v) is 7.20. The van der Waals surface area contributed by atoms with Gasteiger partial charge in [-0.2, -0.15) is 0 Å². The minimum Gasteiger partial charge on any atom is -0.466 e. The van der Waals surface area contributed by atoms with Crippen LogP contribution < -0.4 is 15.5 Å². The molecule has 2 atom stereocenters. The summed E-state index contributed by atoms with van der Waals surface area (Å²) in [7, 11) is 3.20. The van der Waals surface area contributed by atoms with Gasteiger partial charge in [0.1, 0.15) is 11.4 Å². The fourth-order valence-corrected chi connectivity index (χ4v) is 3.12. The number of aliphatic imine (C=N–C) groups is 1. The molecule has 0 spiro atoms. The van der Waals surface area contributed by atoms with Crippen molar-refractivity contribution in [3.8, 4) is 0 Å². The first-order valence-electron chi connectivity index (χ1n) is 8.29. The number of benzene rings is 1. The molecule has 0 fully saturated rings.